The van der Waals surface area contributed by atoms with Gasteiger partial charge >= 0.3 is 11.9 Å². The highest BCUT2D eigenvalue weighted by Crippen LogP contribution is 2.51. The van der Waals surface area contributed by atoms with E-state index in [1.165, 1.54) is 23.3 Å². The standard InChI is InChI=1S/C26H33NO6S/c1-15(2)13-26(24(31)32)14-17(23(29)30)21(20-8-7-11-34-20)27(26)22(28)16-9-10-18(25(3,4)5)19(12-16)33-6/h7-12,15,17,21H,13-14H2,1-6H3,(H,29,30)(H,31,32)/t17-,21+,26-/m0/s1. The maximum Gasteiger partial charge on any atom is 0.329 e. The third kappa shape index (κ3) is 4.56. The Hall–Kier alpha value is -2.87. The minimum absolute atomic E-state index is 0.0688. The van der Waals surface area contributed by atoms with Gasteiger partial charge in [0.05, 0.1) is 19.1 Å². The first-order valence-electron chi connectivity index (χ1n) is 11.3. The molecule has 0 unspecified atom stereocenters. The lowest BCUT2D eigenvalue weighted by Gasteiger charge is -2.39. The lowest BCUT2D eigenvalue weighted by atomic mass is 9.83. The summed E-state index contributed by atoms with van der Waals surface area (Å²) in [6, 6.07) is 7.79. The number of ether oxygens (including phenoxy) is 1. The molecule has 0 saturated carbocycles. The van der Waals surface area contributed by atoms with Gasteiger partial charge in [0.2, 0.25) is 0 Å². The van der Waals surface area contributed by atoms with Crippen LogP contribution >= 0.6 is 11.3 Å². The fourth-order valence-electron chi connectivity index (χ4n) is 5.07. The number of carboxylic acid groups (broad SMARTS) is 2. The van der Waals surface area contributed by atoms with Gasteiger partial charge in [-0.1, -0.05) is 46.8 Å². The molecule has 2 aromatic rings. The fraction of sp³-hybridized carbons (Fsp3) is 0.500. The minimum Gasteiger partial charge on any atom is -0.496 e. The molecule has 0 spiro atoms. The molecule has 1 aliphatic heterocycles. The summed E-state index contributed by atoms with van der Waals surface area (Å²) in [5.41, 5.74) is -0.680. The second-order valence-electron chi connectivity index (χ2n) is 10.4. The Balaban J connectivity index is 2.23. The van der Waals surface area contributed by atoms with Crippen molar-refractivity contribution in [3.63, 3.8) is 0 Å². The van der Waals surface area contributed by atoms with E-state index in [-0.39, 0.29) is 29.7 Å². The summed E-state index contributed by atoms with van der Waals surface area (Å²) < 4.78 is 5.57. The summed E-state index contributed by atoms with van der Waals surface area (Å²) in [4.78, 5) is 41.2. The molecule has 3 rings (SSSR count). The lowest BCUT2D eigenvalue weighted by molar-refractivity contribution is -0.150. The minimum atomic E-state index is -1.64. The number of rotatable bonds is 7. The monoisotopic (exact) mass is 487 g/mol. The third-order valence-corrected chi connectivity index (χ3v) is 7.39. The number of benzene rings is 1. The van der Waals surface area contributed by atoms with Gasteiger partial charge in [-0.3, -0.25) is 9.59 Å². The molecule has 0 aliphatic carbocycles. The fourth-order valence-corrected chi connectivity index (χ4v) is 5.95. The smallest absolute Gasteiger partial charge is 0.329 e. The molecular weight excluding hydrogens is 454 g/mol. The molecule has 1 aromatic heterocycles. The Kier molecular flexibility index (Phi) is 7.12. The van der Waals surface area contributed by atoms with Gasteiger partial charge in [0, 0.05) is 10.4 Å². The average Bonchev–Trinajstić information content (AvgIpc) is 3.38. The summed E-state index contributed by atoms with van der Waals surface area (Å²) >= 11 is 1.33. The van der Waals surface area contributed by atoms with Crippen LogP contribution in [0.15, 0.2) is 35.7 Å². The number of carbonyl (C=O) groups is 3. The van der Waals surface area contributed by atoms with E-state index >= 15 is 0 Å². The van der Waals surface area contributed by atoms with Gasteiger partial charge in [0.1, 0.15) is 11.3 Å². The molecule has 7 nitrogen and oxygen atoms in total. The molecule has 8 heteroatoms. The summed E-state index contributed by atoms with van der Waals surface area (Å²) in [6.07, 6.45) is -0.00169. The molecule has 2 heterocycles. The maximum absolute atomic E-state index is 14.1. The number of thiophene rings is 1. The van der Waals surface area contributed by atoms with Crippen molar-refractivity contribution in [1.82, 2.24) is 4.90 Å². The summed E-state index contributed by atoms with van der Waals surface area (Å²) in [5, 5.41) is 22.3. The molecule has 1 amide bonds. The highest BCUT2D eigenvalue weighted by Gasteiger charge is 2.61. The molecule has 0 radical (unpaired) electrons. The number of methoxy groups -OCH3 is 1. The number of amides is 1. The molecule has 1 saturated heterocycles. The average molecular weight is 488 g/mol. The van der Waals surface area contributed by atoms with Crippen molar-refractivity contribution in [2.75, 3.05) is 7.11 Å². The van der Waals surface area contributed by atoms with Crippen LogP contribution in [0.25, 0.3) is 0 Å². The van der Waals surface area contributed by atoms with E-state index in [9.17, 15) is 24.6 Å². The number of carbonyl (C=O) groups excluding carboxylic acids is 1. The van der Waals surface area contributed by atoms with Crippen LogP contribution in [-0.4, -0.2) is 45.6 Å². The Bertz CT molecular complexity index is 1070. The zero-order valence-electron chi connectivity index (χ0n) is 20.5. The zero-order chi connectivity index (χ0) is 25.4. The highest BCUT2D eigenvalue weighted by molar-refractivity contribution is 7.10. The van der Waals surface area contributed by atoms with Crippen molar-refractivity contribution in [3.8, 4) is 5.75 Å². The second kappa shape index (κ2) is 9.41. The normalized spacial score (nSPS) is 22.7. The Morgan fingerprint density at radius 3 is 2.35 bits per heavy atom. The van der Waals surface area contributed by atoms with E-state index in [1.54, 1.807) is 29.6 Å². The van der Waals surface area contributed by atoms with Crippen molar-refractivity contribution in [2.45, 2.75) is 64.5 Å². The van der Waals surface area contributed by atoms with E-state index in [0.29, 0.717) is 10.6 Å². The molecule has 3 atom stereocenters. The predicted molar refractivity (Wildman–Crippen MR) is 130 cm³/mol. The zero-order valence-corrected chi connectivity index (χ0v) is 21.3. The topological polar surface area (TPSA) is 104 Å². The van der Waals surface area contributed by atoms with Gasteiger partial charge in [-0.05, 0) is 53.3 Å². The lowest BCUT2D eigenvalue weighted by Crippen LogP contribution is -2.54. The van der Waals surface area contributed by atoms with Gasteiger partial charge in [0.15, 0.2) is 0 Å². The van der Waals surface area contributed by atoms with Crippen molar-refractivity contribution >= 4 is 29.2 Å². The van der Waals surface area contributed by atoms with Gasteiger partial charge in [0.25, 0.3) is 5.91 Å². The van der Waals surface area contributed by atoms with E-state index in [2.05, 4.69) is 0 Å². The highest BCUT2D eigenvalue weighted by atomic mass is 32.1. The van der Waals surface area contributed by atoms with Crippen molar-refractivity contribution in [1.29, 1.82) is 0 Å². The van der Waals surface area contributed by atoms with Crippen molar-refractivity contribution in [3.05, 3.63) is 51.7 Å². The van der Waals surface area contributed by atoms with Crippen LogP contribution in [0.4, 0.5) is 0 Å². The Labute approximate surface area is 204 Å². The molecule has 1 fully saturated rings. The van der Waals surface area contributed by atoms with E-state index in [4.69, 9.17) is 4.74 Å². The molecule has 0 bridgehead atoms. The van der Waals surface area contributed by atoms with E-state index in [0.717, 1.165) is 5.56 Å². The van der Waals surface area contributed by atoms with Gasteiger partial charge in [-0.25, -0.2) is 4.79 Å². The summed E-state index contributed by atoms with van der Waals surface area (Å²) in [7, 11) is 1.53. The van der Waals surface area contributed by atoms with Gasteiger partial charge in [-0.2, -0.15) is 0 Å². The third-order valence-electron chi connectivity index (χ3n) is 6.45. The predicted octanol–water partition coefficient (Wildman–Crippen LogP) is 5.21. The number of hydrogen-bond acceptors (Lipinski definition) is 5. The number of nitrogens with zero attached hydrogens (tertiary/aromatic N) is 1. The quantitative estimate of drug-likeness (QED) is 0.555. The molecule has 1 aliphatic rings. The number of carboxylic acids is 2. The molecular formula is C26H33NO6S. The van der Waals surface area contributed by atoms with Crippen LogP contribution in [-0.2, 0) is 15.0 Å². The Morgan fingerprint density at radius 2 is 1.88 bits per heavy atom. The number of likely N-dealkylation sites (tertiary alicyclic amines) is 1. The number of aliphatic carboxylic acids is 2. The SMILES string of the molecule is COc1cc(C(=O)N2[C@@H](c3cccs3)[C@@H](C(=O)O)C[C@@]2(CC(C)C)C(=O)O)ccc1C(C)(C)C. The molecule has 2 N–H and O–H groups in total. The van der Waals surface area contributed by atoms with Crippen LogP contribution in [0.3, 0.4) is 0 Å². The summed E-state index contributed by atoms with van der Waals surface area (Å²) in [6.45, 7) is 9.87. The van der Waals surface area contributed by atoms with Crippen molar-refractivity contribution < 1.29 is 29.3 Å². The van der Waals surface area contributed by atoms with Crippen LogP contribution in [0, 0.1) is 11.8 Å². The first-order valence-corrected chi connectivity index (χ1v) is 12.2. The van der Waals surface area contributed by atoms with E-state index in [1.807, 2.05) is 40.7 Å². The first kappa shape index (κ1) is 25.7. The van der Waals surface area contributed by atoms with E-state index < -0.39 is 35.3 Å². The molecule has 34 heavy (non-hydrogen) atoms. The van der Waals surface area contributed by atoms with Crippen LogP contribution < -0.4 is 4.74 Å². The second-order valence-corrected chi connectivity index (χ2v) is 11.4. The number of hydrogen-bond donors (Lipinski definition) is 2. The van der Waals surface area contributed by atoms with Crippen LogP contribution in [0.1, 0.15) is 74.3 Å². The largest absolute Gasteiger partial charge is 0.496 e. The maximum atomic E-state index is 14.1. The van der Waals surface area contributed by atoms with Gasteiger partial charge in [-0.15, -0.1) is 11.3 Å². The summed E-state index contributed by atoms with van der Waals surface area (Å²) in [5.74, 6) is -3.37. The van der Waals surface area contributed by atoms with Gasteiger partial charge < -0.3 is 19.8 Å². The van der Waals surface area contributed by atoms with Crippen LogP contribution in [0.5, 0.6) is 5.75 Å². The van der Waals surface area contributed by atoms with Crippen LogP contribution in [0.2, 0.25) is 0 Å². The van der Waals surface area contributed by atoms with Crippen molar-refractivity contribution in [2.24, 2.45) is 11.8 Å². The molecule has 184 valence electrons. The Morgan fingerprint density at radius 1 is 1.21 bits per heavy atom. The molecule has 1 aromatic carbocycles. The first-order chi connectivity index (χ1) is 15.8.